The number of ether oxygens (including phenoxy) is 2. The molecule has 0 radical (unpaired) electrons. The molecule has 0 saturated carbocycles. The number of carbonyl (C=O) groups excluding carboxylic acids is 1. The van der Waals surface area contributed by atoms with Gasteiger partial charge in [-0.15, -0.1) is 10.2 Å². The Hall–Kier alpha value is -3.20. The summed E-state index contributed by atoms with van der Waals surface area (Å²) in [6.07, 6.45) is 0. The lowest BCUT2D eigenvalue weighted by atomic mass is 9.87. The topological polar surface area (TPSA) is 104 Å². The van der Waals surface area contributed by atoms with E-state index in [2.05, 4.69) is 36.3 Å². The zero-order valence-electron chi connectivity index (χ0n) is 19.0. The second-order valence-electron chi connectivity index (χ2n) is 8.31. The quantitative estimate of drug-likeness (QED) is 0.391. The van der Waals surface area contributed by atoms with Gasteiger partial charge in [0.1, 0.15) is 18.1 Å². The molecular formula is C23H29N5O3S. The predicted molar refractivity (Wildman–Crippen MR) is 127 cm³/mol. The molecule has 0 aliphatic carbocycles. The maximum Gasteiger partial charge on any atom is 0.237 e. The molecule has 3 N–H and O–H groups in total. The van der Waals surface area contributed by atoms with E-state index >= 15 is 0 Å². The molecule has 3 aromatic rings. The smallest absolute Gasteiger partial charge is 0.237 e. The Balaban J connectivity index is 1.57. The average molecular weight is 456 g/mol. The van der Waals surface area contributed by atoms with E-state index in [0.29, 0.717) is 22.4 Å². The van der Waals surface area contributed by atoms with Gasteiger partial charge < -0.3 is 20.6 Å². The molecule has 0 bridgehead atoms. The highest BCUT2D eigenvalue weighted by molar-refractivity contribution is 8.00. The van der Waals surface area contributed by atoms with Crippen LogP contribution in [0, 0.1) is 0 Å². The van der Waals surface area contributed by atoms with Crippen LogP contribution >= 0.6 is 11.8 Å². The van der Waals surface area contributed by atoms with Crippen LogP contribution in [0.2, 0.25) is 0 Å². The van der Waals surface area contributed by atoms with E-state index in [1.807, 2.05) is 36.4 Å². The minimum absolute atomic E-state index is 0.0810. The molecule has 8 nitrogen and oxygen atoms in total. The lowest BCUT2D eigenvalue weighted by molar-refractivity contribution is -0.115. The molecule has 0 fully saturated rings. The Labute approximate surface area is 192 Å². The van der Waals surface area contributed by atoms with Crippen LogP contribution in [-0.2, 0) is 16.8 Å². The molecule has 3 rings (SSSR count). The Morgan fingerprint density at radius 3 is 2.53 bits per heavy atom. The number of hydrogen-bond acceptors (Lipinski definition) is 7. The van der Waals surface area contributed by atoms with Crippen molar-refractivity contribution in [3.8, 4) is 11.5 Å². The van der Waals surface area contributed by atoms with Gasteiger partial charge in [0.15, 0.2) is 5.82 Å². The lowest BCUT2D eigenvalue weighted by Gasteiger charge is -2.19. The minimum Gasteiger partial charge on any atom is -0.497 e. The maximum absolute atomic E-state index is 12.5. The van der Waals surface area contributed by atoms with Crippen molar-refractivity contribution in [1.82, 2.24) is 14.9 Å². The van der Waals surface area contributed by atoms with E-state index in [9.17, 15) is 4.79 Å². The summed E-state index contributed by atoms with van der Waals surface area (Å²) in [6, 6.07) is 15.1. The summed E-state index contributed by atoms with van der Waals surface area (Å²) in [7, 11) is 1.58. The van der Waals surface area contributed by atoms with Gasteiger partial charge in [-0.25, -0.2) is 4.68 Å². The van der Waals surface area contributed by atoms with Crippen LogP contribution in [0.15, 0.2) is 53.7 Å². The van der Waals surface area contributed by atoms with E-state index in [0.717, 1.165) is 5.75 Å². The minimum atomic E-state index is -0.439. The molecule has 2 aromatic carbocycles. The number of nitrogens with two attached hydrogens (primary N) is 1. The Morgan fingerprint density at radius 2 is 1.88 bits per heavy atom. The number of nitrogens with zero attached hydrogens (tertiary/aromatic N) is 3. The number of carbonyl (C=O) groups is 1. The number of hydrogen-bond donors (Lipinski definition) is 2. The van der Waals surface area contributed by atoms with Crippen LogP contribution in [0.25, 0.3) is 0 Å². The van der Waals surface area contributed by atoms with Crippen LogP contribution in [-0.4, -0.2) is 33.1 Å². The second kappa shape index (κ2) is 9.95. The first-order valence-corrected chi connectivity index (χ1v) is 11.1. The Bertz CT molecular complexity index is 1060. The predicted octanol–water partition coefficient (Wildman–Crippen LogP) is 4.00. The first-order chi connectivity index (χ1) is 15.2. The van der Waals surface area contributed by atoms with E-state index < -0.39 is 5.25 Å². The monoisotopic (exact) mass is 455 g/mol. The van der Waals surface area contributed by atoms with E-state index in [-0.39, 0.29) is 17.9 Å². The van der Waals surface area contributed by atoms with Gasteiger partial charge in [0.25, 0.3) is 0 Å². The fourth-order valence-corrected chi connectivity index (χ4v) is 3.63. The number of aromatic nitrogens is 3. The maximum atomic E-state index is 12.5. The van der Waals surface area contributed by atoms with Gasteiger partial charge in [-0.2, -0.15) is 0 Å². The number of anilines is 1. The van der Waals surface area contributed by atoms with E-state index in [4.69, 9.17) is 15.3 Å². The number of thioether (sulfide) groups is 1. The van der Waals surface area contributed by atoms with E-state index in [1.165, 1.54) is 22.0 Å². The molecule has 0 aliphatic rings. The Morgan fingerprint density at radius 1 is 1.16 bits per heavy atom. The number of benzene rings is 2. The van der Waals surface area contributed by atoms with Gasteiger partial charge in [-0.1, -0.05) is 50.7 Å². The zero-order valence-corrected chi connectivity index (χ0v) is 19.8. The summed E-state index contributed by atoms with van der Waals surface area (Å²) >= 11 is 1.22. The molecule has 0 spiro atoms. The number of nitrogens with one attached hydrogen (secondary N) is 1. The summed E-state index contributed by atoms with van der Waals surface area (Å²) in [6.45, 7) is 8.44. The molecule has 1 atom stereocenters. The summed E-state index contributed by atoms with van der Waals surface area (Å²) < 4.78 is 12.3. The largest absolute Gasteiger partial charge is 0.497 e. The van der Waals surface area contributed by atoms with Crippen molar-refractivity contribution in [3.63, 3.8) is 0 Å². The molecule has 1 heterocycles. The molecule has 1 aromatic heterocycles. The van der Waals surface area contributed by atoms with Gasteiger partial charge >= 0.3 is 0 Å². The highest BCUT2D eigenvalue weighted by atomic mass is 32.2. The molecule has 1 unspecified atom stereocenters. The summed E-state index contributed by atoms with van der Waals surface area (Å²) in [5.41, 5.74) is 1.96. The number of rotatable bonds is 8. The number of amides is 1. The third-order valence-corrected chi connectivity index (χ3v) is 5.87. The highest BCUT2D eigenvalue weighted by Gasteiger charge is 2.20. The zero-order chi connectivity index (χ0) is 23.3. The molecule has 0 aliphatic heterocycles. The third kappa shape index (κ3) is 5.94. The van der Waals surface area contributed by atoms with Gasteiger partial charge in [0.05, 0.1) is 12.4 Å². The van der Waals surface area contributed by atoms with Crippen molar-refractivity contribution >= 4 is 23.4 Å². The van der Waals surface area contributed by atoms with Crippen molar-refractivity contribution in [3.05, 3.63) is 59.9 Å². The SMILES string of the molecule is COc1cccc(NC(=O)C(C)Sc2nnc(COc3ccc(C(C)(C)C)cc3)n2N)c1. The fraction of sp³-hybridized carbons (Fsp3) is 0.348. The molecule has 32 heavy (non-hydrogen) atoms. The van der Waals surface area contributed by atoms with Crippen LogP contribution in [0.5, 0.6) is 11.5 Å². The molecule has 0 saturated heterocycles. The van der Waals surface area contributed by atoms with Crippen molar-refractivity contribution in [2.24, 2.45) is 0 Å². The fourth-order valence-electron chi connectivity index (χ4n) is 2.84. The van der Waals surface area contributed by atoms with Crippen LogP contribution in [0.1, 0.15) is 39.1 Å². The summed E-state index contributed by atoms with van der Waals surface area (Å²) in [4.78, 5) is 12.5. The van der Waals surface area contributed by atoms with Crippen LogP contribution < -0.4 is 20.6 Å². The number of nitrogen functional groups attached to an aromatic ring is 1. The van der Waals surface area contributed by atoms with Crippen LogP contribution in [0.4, 0.5) is 5.69 Å². The third-order valence-electron chi connectivity index (χ3n) is 4.81. The van der Waals surface area contributed by atoms with Gasteiger partial charge in [-0.3, -0.25) is 4.79 Å². The number of methoxy groups -OCH3 is 1. The normalized spacial score (nSPS) is 12.3. The summed E-state index contributed by atoms with van der Waals surface area (Å²) in [5.74, 6) is 7.81. The van der Waals surface area contributed by atoms with Gasteiger partial charge in [-0.05, 0) is 42.2 Å². The lowest BCUT2D eigenvalue weighted by Crippen LogP contribution is -2.24. The molecular weight excluding hydrogens is 426 g/mol. The highest BCUT2D eigenvalue weighted by Crippen LogP contribution is 2.26. The van der Waals surface area contributed by atoms with Crippen molar-refractivity contribution in [1.29, 1.82) is 0 Å². The molecule has 9 heteroatoms. The van der Waals surface area contributed by atoms with Gasteiger partial charge in [0.2, 0.25) is 11.1 Å². The molecule has 1 amide bonds. The second-order valence-corrected chi connectivity index (χ2v) is 9.62. The average Bonchev–Trinajstić information content (AvgIpc) is 3.11. The first kappa shape index (κ1) is 23.5. The summed E-state index contributed by atoms with van der Waals surface area (Å²) in [5, 5.41) is 11.1. The standard InChI is InChI=1S/C23H29N5O3S/c1-15(21(29)25-17-7-6-8-19(13-17)30-5)32-22-27-26-20(28(22)24)14-31-18-11-9-16(10-12-18)23(2,3)4/h6-13,15H,14,24H2,1-5H3,(H,25,29). The van der Waals surface area contributed by atoms with Crippen molar-refractivity contribution < 1.29 is 14.3 Å². The molecule has 170 valence electrons. The van der Waals surface area contributed by atoms with Gasteiger partial charge in [0, 0.05) is 11.8 Å². The van der Waals surface area contributed by atoms with E-state index in [1.54, 1.807) is 26.2 Å². The van der Waals surface area contributed by atoms with Crippen LogP contribution in [0.3, 0.4) is 0 Å². The first-order valence-electron chi connectivity index (χ1n) is 10.2. The van der Waals surface area contributed by atoms with Crippen molar-refractivity contribution in [2.45, 2.75) is 50.1 Å². The van der Waals surface area contributed by atoms with Crippen molar-refractivity contribution in [2.75, 3.05) is 18.3 Å². The Kier molecular flexibility index (Phi) is 7.29.